The Balaban J connectivity index is 1.13. The molecule has 0 radical (unpaired) electrons. The molecule has 4 aliphatic rings. The Labute approximate surface area is 301 Å². The lowest BCUT2D eigenvalue weighted by molar-refractivity contribution is 0.251. The maximum absolute atomic E-state index is 12.4. The molecule has 2 aliphatic carbocycles. The van der Waals surface area contributed by atoms with E-state index in [1.807, 2.05) is 47.8 Å². The standard InChI is InChI=1S/C41H52N4O2S2/c1-5-7-9-11-24-42-38(46)44-30-20-16-28(17-21-30)36-26-34-32-14-13-15-33(32)35-27-37(49-41(35,4)40(34,3)48-36)29-18-22-31(23-19-29)45-39(47)43-25-12-10-8-6-2/h16-23,26-27H,5-15,24-25H2,1-4H3,(H2,42,44,46)(H2,43,45,47). The number of carbonyl (C=O) groups excluding carboxylic acids is 2. The molecular formula is C41H52N4O2S2. The number of unbranched alkanes of at least 4 members (excludes halogenated alkanes) is 6. The number of carbonyl (C=O) groups is 2. The van der Waals surface area contributed by atoms with Gasteiger partial charge >= 0.3 is 12.1 Å². The normalized spacial score (nSPS) is 22.3. The fourth-order valence-corrected chi connectivity index (χ4v) is 10.7. The number of fused-ring (bicyclic) bond motifs is 4. The fraction of sp³-hybridized carbons (Fsp3) is 0.463. The summed E-state index contributed by atoms with van der Waals surface area (Å²) in [6.45, 7) is 10.7. The summed E-state index contributed by atoms with van der Waals surface area (Å²) in [5.41, 5.74) is 10.1. The molecule has 6 nitrogen and oxygen atoms in total. The van der Waals surface area contributed by atoms with Crippen LogP contribution in [0, 0.1) is 0 Å². The second kappa shape index (κ2) is 15.7. The van der Waals surface area contributed by atoms with Crippen LogP contribution in [0.1, 0.15) is 109 Å². The molecule has 6 rings (SSSR count). The molecule has 260 valence electrons. The maximum atomic E-state index is 12.4. The van der Waals surface area contributed by atoms with Crippen molar-refractivity contribution in [3.8, 4) is 0 Å². The van der Waals surface area contributed by atoms with E-state index in [9.17, 15) is 9.59 Å². The number of benzene rings is 2. The van der Waals surface area contributed by atoms with Gasteiger partial charge in [0, 0.05) is 34.3 Å². The lowest BCUT2D eigenvalue weighted by Gasteiger charge is -2.47. The van der Waals surface area contributed by atoms with Crippen LogP contribution in [-0.2, 0) is 0 Å². The summed E-state index contributed by atoms with van der Waals surface area (Å²) < 4.78 is -0.232. The van der Waals surface area contributed by atoms with Crippen molar-refractivity contribution < 1.29 is 9.59 Å². The molecule has 2 unspecified atom stereocenters. The van der Waals surface area contributed by atoms with Crippen molar-refractivity contribution in [2.45, 2.75) is 108 Å². The first-order chi connectivity index (χ1) is 23.8. The molecule has 4 amide bonds. The van der Waals surface area contributed by atoms with Crippen LogP contribution in [0.25, 0.3) is 9.81 Å². The van der Waals surface area contributed by atoms with Crippen LogP contribution in [0.2, 0.25) is 0 Å². The number of amides is 4. The van der Waals surface area contributed by atoms with Crippen molar-refractivity contribution in [3.05, 3.63) is 94.1 Å². The Morgan fingerprint density at radius 1 is 0.612 bits per heavy atom. The average molecular weight is 697 g/mol. The maximum Gasteiger partial charge on any atom is 0.319 e. The van der Waals surface area contributed by atoms with Crippen LogP contribution in [0.15, 0.2) is 83.0 Å². The lowest BCUT2D eigenvalue weighted by Crippen LogP contribution is -2.47. The van der Waals surface area contributed by atoms with Crippen molar-refractivity contribution >= 4 is 56.8 Å². The zero-order valence-electron chi connectivity index (χ0n) is 29.6. The topological polar surface area (TPSA) is 82.3 Å². The third-order valence-corrected chi connectivity index (χ3v) is 13.8. The van der Waals surface area contributed by atoms with Gasteiger partial charge in [-0.25, -0.2) is 9.59 Å². The Kier molecular flexibility index (Phi) is 11.3. The molecule has 8 heteroatoms. The van der Waals surface area contributed by atoms with E-state index in [-0.39, 0.29) is 21.6 Å². The number of anilines is 2. The highest BCUT2D eigenvalue weighted by Gasteiger charge is 2.59. The predicted octanol–water partition coefficient (Wildman–Crippen LogP) is 11.3. The van der Waals surface area contributed by atoms with Gasteiger partial charge in [0.15, 0.2) is 0 Å². The number of rotatable bonds is 14. The summed E-state index contributed by atoms with van der Waals surface area (Å²) in [6.07, 6.45) is 17.5. The minimum absolute atomic E-state index is 0.116. The highest BCUT2D eigenvalue weighted by molar-refractivity contribution is 8.14. The van der Waals surface area contributed by atoms with Gasteiger partial charge in [0.05, 0.1) is 9.49 Å². The Bertz CT molecular complexity index is 1550. The van der Waals surface area contributed by atoms with Gasteiger partial charge in [-0.3, -0.25) is 0 Å². The third kappa shape index (κ3) is 7.56. The number of urea groups is 2. The number of hydrogen-bond donors (Lipinski definition) is 4. The van der Waals surface area contributed by atoms with Crippen molar-refractivity contribution in [2.24, 2.45) is 0 Å². The first-order valence-electron chi connectivity index (χ1n) is 18.4. The molecule has 1 fully saturated rings. The zero-order valence-corrected chi connectivity index (χ0v) is 31.2. The number of allylic oxidation sites excluding steroid dienone is 4. The lowest BCUT2D eigenvalue weighted by atomic mass is 9.72. The minimum Gasteiger partial charge on any atom is -0.338 e. The van der Waals surface area contributed by atoms with Gasteiger partial charge in [-0.05, 0) is 116 Å². The molecule has 2 aromatic carbocycles. The van der Waals surface area contributed by atoms with Crippen molar-refractivity contribution in [3.63, 3.8) is 0 Å². The Morgan fingerprint density at radius 3 is 1.41 bits per heavy atom. The van der Waals surface area contributed by atoms with E-state index in [2.05, 4.69) is 85.4 Å². The van der Waals surface area contributed by atoms with Gasteiger partial charge in [0.1, 0.15) is 0 Å². The summed E-state index contributed by atoms with van der Waals surface area (Å²) in [5.74, 6) is 0. The monoisotopic (exact) mass is 696 g/mol. The van der Waals surface area contributed by atoms with Gasteiger partial charge in [-0.2, -0.15) is 0 Å². The van der Waals surface area contributed by atoms with Gasteiger partial charge in [-0.15, -0.1) is 23.5 Å². The Morgan fingerprint density at radius 2 is 1.02 bits per heavy atom. The molecule has 2 heterocycles. The molecule has 2 aromatic rings. The quantitative estimate of drug-likeness (QED) is 0.148. The van der Waals surface area contributed by atoms with Crippen molar-refractivity contribution in [1.82, 2.24) is 10.6 Å². The van der Waals surface area contributed by atoms with Crippen molar-refractivity contribution in [2.75, 3.05) is 23.7 Å². The Hall–Kier alpha value is -3.36. The molecular weight excluding hydrogens is 645 g/mol. The van der Waals surface area contributed by atoms with Gasteiger partial charge < -0.3 is 21.3 Å². The van der Waals surface area contributed by atoms with E-state index in [1.54, 1.807) is 11.1 Å². The van der Waals surface area contributed by atoms with E-state index >= 15 is 0 Å². The van der Waals surface area contributed by atoms with Crippen LogP contribution in [0.5, 0.6) is 0 Å². The first kappa shape index (κ1) is 35.5. The first-order valence-corrected chi connectivity index (χ1v) is 20.0. The molecule has 1 saturated carbocycles. The highest BCUT2D eigenvalue weighted by Crippen LogP contribution is 2.70. The molecule has 0 bridgehead atoms. The minimum atomic E-state index is -0.143. The van der Waals surface area contributed by atoms with Gasteiger partial charge in [0.2, 0.25) is 0 Å². The van der Waals surface area contributed by atoms with E-state index in [0.717, 1.165) is 49.9 Å². The van der Waals surface area contributed by atoms with Gasteiger partial charge in [-0.1, -0.05) is 76.6 Å². The van der Waals surface area contributed by atoms with Crippen LogP contribution < -0.4 is 21.3 Å². The summed E-state index contributed by atoms with van der Waals surface area (Å²) >= 11 is 3.98. The molecule has 2 atom stereocenters. The molecule has 0 aromatic heterocycles. The van der Waals surface area contributed by atoms with E-state index in [0.29, 0.717) is 13.1 Å². The second-order valence-electron chi connectivity index (χ2n) is 14.0. The molecule has 4 N–H and O–H groups in total. The smallest absolute Gasteiger partial charge is 0.319 e. The van der Waals surface area contributed by atoms with Gasteiger partial charge in [0.25, 0.3) is 0 Å². The largest absolute Gasteiger partial charge is 0.338 e. The van der Waals surface area contributed by atoms with Crippen LogP contribution in [0.3, 0.4) is 0 Å². The third-order valence-electron chi connectivity index (χ3n) is 10.5. The molecule has 2 aliphatic heterocycles. The van der Waals surface area contributed by atoms with Crippen LogP contribution >= 0.6 is 23.5 Å². The van der Waals surface area contributed by atoms with Crippen LogP contribution in [-0.4, -0.2) is 34.6 Å². The summed E-state index contributed by atoms with van der Waals surface area (Å²) in [7, 11) is 0. The van der Waals surface area contributed by atoms with E-state index in [4.69, 9.17) is 0 Å². The number of thioether (sulfide) groups is 2. The summed E-state index contributed by atoms with van der Waals surface area (Å²) in [5, 5.41) is 11.9. The predicted molar refractivity (Wildman–Crippen MR) is 211 cm³/mol. The summed E-state index contributed by atoms with van der Waals surface area (Å²) in [4.78, 5) is 27.4. The molecule has 0 saturated heterocycles. The van der Waals surface area contributed by atoms with E-state index < -0.39 is 0 Å². The van der Waals surface area contributed by atoms with Crippen molar-refractivity contribution in [1.29, 1.82) is 0 Å². The second-order valence-corrected chi connectivity index (χ2v) is 16.9. The summed E-state index contributed by atoms with van der Waals surface area (Å²) in [6, 6.07) is 16.3. The van der Waals surface area contributed by atoms with Crippen LogP contribution in [0.4, 0.5) is 21.0 Å². The fourth-order valence-electron chi connectivity index (χ4n) is 7.52. The average Bonchev–Trinajstić information content (AvgIpc) is 3.81. The molecule has 0 spiro atoms. The SMILES string of the molecule is CCCCCCNC(=O)Nc1ccc(C2=CC3=C4CCCC4=C4C=C(c5ccc(NC(=O)NCCCCCC)cc5)SC4(C)C3(C)S2)cc1. The number of hydrogen-bond acceptors (Lipinski definition) is 4. The zero-order chi connectivity index (χ0) is 34.4. The molecule has 49 heavy (non-hydrogen) atoms. The van der Waals surface area contributed by atoms with E-state index in [1.165, 1.54) is 64.2 Å². The highest BCUT2D eigenvalue weighted by atomic mass is 32.2. The number of nitrogens with one attached hydrogen (secondary N) is 4.